The predicted octanol–water partition coefficient (Wildman–Crippen LogP) is 1.60. The molecule has 10 heteroatoms. The first kappa shape index (κ1) is 22.1. The Morgan fingerprint density at radius 2 is 1.87 bits per heavy atom. The quantitative estimate of drug-likeness (QED) is 0.561. The van der Waals surface area contributed by atoms with Gasteiger partial charge in [-0.3, -0.25) is 14.9 Å². The van der Waals surface area contributed by atoms with Crippen LogP contribution in [0.3, 0.4) is 0 Å². The van der Waals surface area contributed by atoms with Crippen molar-refractivity contribution in [3.05, 3.63) is 54.6 Å². The normalized spacial score (nSPS) is 19.0. The zero-order chi connectivity index (χ0) is 21.6. The first-order chi connectivity index (χ1) is 14.4. The van der Waals surface area contributed by atoms with E-state index in [-0.39, 0.29) is 23.1 Å². The summed E-state index contributed by atoms with van der Waals surface area (Å²) in [5.74, 6) is -0.0124. The average molecular weight is 450 g/mol. The maximum atomic E-state index is 12.7. The number of carbonyl (C=O) groups is 2. The summed E-state index contributed by atoms with van der Waals surface area (Å²) in [5, 5.41) is 7.14. The fraction of sp³-hybridized carbons (Fsp3) is 0.300. The summed E-state index contributed by atoms with van der Waals surface area (Å²) in [4.78, 5) is 24.7. The second-order valence-corrected chi connectivity index (χ2v) is 9.68. The molecule has 1 aliphatic rings. The molecule has 0 aromatic heterocycles. The van der Waals surface area contributed by atoms with Crippen molar-refractivity contribution in [2.45, 2.75) is 22.6 Å². The highest BCUT2D eigenvalue weighted by atomic mass is 32.2. The topological polar surface area (TPSA) is 114 Å². The molecule has 3 rings (SSSR count). The fourth-order valence-electron chi connectivity index (χ4n) is 2.86. The second kappa shape index (κ2) is 9.96. The Morgan fingerprint density at radius 1 is 1.17 bits per heavy atom. The lowest BCUT2D eigenvalue weighted by molar-refractivity contribution is -0.122. The molecule has 0 aliphatic carbocycles. The summed E-state index contributed by atoms with van der Waals surface area (Å²) in [6, 6.07) is 14.9. The number of carbonyl (C=O) groups excluding carboxylic acids is 2. The van der Waals surface area contributed by atoms with Gasteiger partial charge in [0.25, 0.3) is 0 Å². The summed E-state index contributed by atoms with van der Waals surface area (Å²) in [6.07, 6.45) is 0. The average Bonchev–Trinajstić information content (AvgIpc) is 2.74. The van der Waals surface area contributed by atoms with Crippen LogP contribution in [0.25, 0.3) is 0 Å². The van der Waals surface area contributed by atoms with Gasteiger partial charge in [0.2, 0.25) is 11.8 Å². The fourth-order valence-corrected chi connectivity index (χ4v) is 5.20. The minimum atomic E-state index is -3.79. The molecule has 2 amide bonds. The summed E-state index contributed by atoms with van der Waals surface area (Å²) < 4.78 is 30.7. The number of hydrogen-bond donors (Lipinski definition) is 3. The Balaban J connectivity index is 1.49. The van der Waals surface area contributed by atoms with Crippen LogP contribution in [0, 0.1) is 0 Å². The molecule has 160 valence electrons. The largest absolute Gasteiger partial charge is 0.494 e. The number of amides is 2. The molecule has 1 heterocycles. The molecule has 0 bridgehead atoms. The Labute approximate surface area is 179 Å². The number of benzene rings is 2. The molecule has 1 aliphatic heterocycles. The molecular formula is C20H23N3O5S2. The molecule has 0 saturated carbocycles. The van der Waals surface area contributed by atoms with Gasteiger partial charge in [-0.05, 0) is 43.3 Å². The molecule has 2 atom stereocenters. The van der Waals surface area contributed by atoms with Gasteiger partial charge in [0, 0.05) is 12.2 Å². The highest BCUT2D eigenvalue weighted by molar-refractivity contribution is 8.00. The van der Waals surface area contributed by atoms with E-state index in [1.165, 1.54) is 23.9 Å². The molecule has 0 spiro atoms. The molecule has 2 unspecified atom stereocenters. The van der Waals surface area contributed by atoms with Gasteiger partial charge < -0.3 is 15.4 Å². The number of thioether (sulfide) groups is 1. The van der Waals surface area contributed by atoms with Crippen molar-refractivity contribution in [1.82, 2.24) is 10.6 Å². The van der Waals surface area contributed by atoms with Crippen molar-refractivity contribution in [1.29, 1.82) is 0 Å². The van der Waals surface area contributed by atoms with Gasteiger partial charge in [0.15, 0.2) is 15.1 Å². The van der Waals surface area contributed by atoms with Crippen molar-refractivity contribution in [2.24, 2.45) is 0 Å². The van der Waals surface area contributed by atoms with Crippen LogP contribution in [0.15, 0.2) is 59.5 Å². The maximum absolute atomic E-state index is 12.7. The van der Waals surface area contributed by atoms with Crippen molar-refractivity contribution < 1.29 is 22.7 Å². The van der Waals surface area contributed by atoms with Crippen LogP contribution in [0.4, 0.5) is 5.69 Å². The number of anilines is 1. The second-order valence-electron chi connectivity index (χ2n) is 6.46. The van der Waals surface area contributed by atoms with E-state index in [1.807, 2.05) is 6.92 Å². The van der Waals surface area contributed by atoms with Crippen LogP contribution < -0.4 is 20.7 Å². The Bertz CT molecular complexity index is 981. The molecule has 0 radical (unpaired) electrons. The van der Waals surface area contributed by atoms with Crippen molar-refractivity contribution in [3.63, 3.8) is 0 Å². The van der Waals surface area contributed by atoms with Crippen LogP contribution in [0.5, 0.6) is 5.75 Å². The van der Waals surface area contributed by atoms with E-state index >= 15 is 0 Å². The number of hydrogen-bond acceptors (Lipinski definition) is 7. The molecule has 8 nitrogen and oxygen atoms in total. The summed E-state index contributed by atoms with van der Waals surface area (Å²) in [5.41, 5.74) is 0.0875. The van der Waals surface area contributed by atoms with E-state index in [0.29, 0.717) is 12.3 Å². The van der Waals surface area contributed by atoms with Gasteiger partial charge in [-0.15, -0.1) is 11.8 Å². The molecule has 2 aromatic rings. The van der Waals surface area contributed by atoms with Gasteiger partial charge in [0.1, 0.15) is 11.2 Å². The van der Waals surface area contributed by atoms with E-state index in [0.717, 1.165) is 5.75 Å². The molecule has 1 fully saturated rings. The van der Waals surface area contributed by atoms with Crippen LogP contribution in [0.2, 0.25) is 0 Å². The zero-order valence-corrected chi connectivity index (χ0v) is 18.0. The minimum Gasteiger partial charge on any atom is -0.494 e. The van der Waals surface area contributed by atoms with E-state index < -0.39 is 26.5 Å². The standard InChI is InChI=1S/C20H23N3O5S2/c1-2-28-15-10-8-14(9-11-15)22-18(24)13-29-20-21-12-17(19(25)23-20)30(26,27)16-6-4-3-5-7-16/h3-11,17,20-21H,2,12-13H2,1H3,(H,22,24)(H,23,25). The van der Waals surface area contributed by atoms with Crippen molar-refractivity contribution in [2.75, 3.05) is 24.2 Å². The van der Waals surface area contributed by atoms with E-state index in [9.17, 15) is 18.0 Å². The molecule has 1 saturated heterocycles. The smallest absolute Gasteiger partial charge is 0.241 e. The minimum absolute atomic E-state index is 0.0266. The number of rotatable bonds is 8. The van der Waals surface area contributed by atoms with Gasteiger partial charge >= 0.3 is 0 Å². The first-order valence-corrected chi connectivity index (χ1v) is 12.0. The molecule has 3 N–H and O–H groups in total. The highest BCUT2D eigenvalue weighted by Gasteiger charge is 2.38. The lowest BCUT2D eigenvalue weighted by Gasteiger charge is -2.29. The van der Waals surface area contributed by atoms with Crippen LogP contribution in [0.1, 0.15) is 6.92 Å². The zero-order valence-electron chi connectivity index (χ0n) is 16.3. The van der Waals surface area contributed by atoms with E-state index in [2.05, 4.69) is 16.0 Å². The van der Waals surface area contributed by atoms with Gasteiger partial charge in [-0.2, -0.15) is 0 Å². The number of ether oxygens (including phenoxy) is 1. The summed E-state index contributed by atoms with van der Waals surface area (Å²) in [7, 11) is -3.79. The van der Waals surface area contributed by atoms with Crippen LogP contribution in [-0.4, -0.2) is 49.9 Å². The van der Waals surface area contributed by atoms with Gasteiger partial charge in [-0.1, -0.05) is 18.2 Å². The van der Waals surface area contributed by atoms with Crippen molar-refractivity contribution in [3.8, 4) is 5.75 Å². The molecular weight excluding hydrogens is 426 g/mol. The monoisotopic (exact) mass is 449 g/mol. The van der Waals surface area contributed by atoms with Crippen LogP contribution >= 0.6 is 11.8 Å². The predicted molar refractivity (Wildman–Crippen MR) is 116 cm³/mol. The highest BCUT2D eigenvalue weighted by Crippen LogP contribution is 2.20. The Kier molecular flexibility index (Phi) is 7.35. The van der Waals surface area contributed by atoms with Gasteiger partial charge in [0.05, 0.1) is 17.3 Å². The van der Waals surface area contributed by atoms with Gasteiger partial charge in [-0.25, -0.2) is 8.42 Å². The summed E-state index contributed by atoms with van der Waals surface area (Å²) in [6.45, 7) is 2.43. The van der Waals surface area contributed by atoms with E-state index in [1.54, 1.807) is 42.5 Å². The number of sulfone groups is 1. The van der Waals surface area contributed by atoms with Crippen molar-refractivity contribution >= 4 is 39.1 Å². The Morgan fingerprint density at radius 3 is 2.50 bits per heavy atom. The maximum Gasteiger partial charge on any atom is 0.241 e. The van der Waals surface area contributed by atoms with E-state index in [4.69, 9.17) is 4.74 Å². The lowest BCUT2D eigenvalue weighted by Crippen LogP contribution is -2.59. The third-order valence-corrected chi connectivity index (χ3v) is 7.44. The summed E-state index contributed by atoms with van der Waals surface area (Å²) >= 11 is 1.17. The number of nitrogens with one attached hydrogen (secondary N) is 3. The third kappa shape index (κ3) is 5.53. The molecule has 2 aromatic carbocycles. The molecule has 30 heavy (non-hydrogen) atoms. The SMILES string of the molecule is CCOc1ccc(NC(=O)CSC2NCC(S(=O)(=O)c3ccccc3)C(=O)N2)cc1. The third-order valence-electron chi connectivity index (χ3n) is 4.33. The van der Waals surface area contributed by atoms with Crippen LogP contribution in [-0.2, 0) is 19.4 Å². The lowest BCUT2D eigenvalue weighted by atomic mass is 10.3. The first-order valence-electron chi connectivity index (χ1n) is 9.37. The Hall–Kier alpha value is -2.56.